The van der Waals surface area contributed by atoms with Gasteiger partial charge >= 0.3 is 0 Å². The lowest BCUT2D eigenvalue weighted by Gasteiger charge is -2.19. The van der Waals surface area contributed by atoms with Gasteiger partial charge in [0.25, 0.3) is 0 Å². The van der Waals surface area contributed by atoms with E-state index >= 15 is 0 Å². The summed E-state index contributed by atoms with van der Waals surface area (Å²) in [5, 5.41) is 8.89. The molecule has 0 aliphatic carbocycles. The second-order valence-corrected chi connectivity index (χ2v) is 13.0. The van der Waals surface area contributed by atoms with E-state index in [-0.39, 0.29) is 11.5 Å². The Balaban J connectivity index is -0.000000144. The average molecular weight is 417 g/mol. The second-order valence-electron chi connectivity index (χ2n) is 13.0. The van der Waals surface area contributed by atoms with Gasteiger partial charge < -0.3 is 9.84 Å². The van der Waals surface area contributed by atoms with E-state index in [1.54, 1.807) is 7.11 Å². The zero-order valence-corrected chi connectivity index (χ0v) is 23.3. The molecule has 1 N–H and O–H groups in total. The van der Waals surface area contributed by atoms with Crippen molar-refractivity contribution < 1.29 is 9.84 Å². The standard InChI is InChI=1S/C7H16O.C7H16.C7H14.C6H14O/c1-6(8)5-7(2,3)4;2*1-5-6-7(2,3)4;1-6(2,3)5-7-4/h6,8H,5H2,1-4H3;5-6H2,1-4H3;5H,1,6H2,2-4H3;5H2,1-4H3. The molecular weight excluding hydrogens is 356 g/mol. The lowest BCUT2D eigenvalue weighted by atomic mass is 9.90. The summed E-state index contributed by atoms with van der Waals surface area (Å²) in [7, 11) is 1.73. The Kier molecular flexibility index (Phi) is 21.6. The van der Waals surface area contributed by atoms with Crippen LogP contribution >= 0.6 is 0 Å². The number of hydrogen-bond acceptors (Lipinski definition) is 2. The van der Waals surface area contributed by atoms with Crippen LogP contribution < -0.4 is 0 Å². The SMILES string of the molecule is C=CCC(C)(C)C.CC(O)CC(C)(C)C.CCCC(C)(C)C.COCC(C)(C)C. The predicted octanol–water partition coefficient (Wildman–Crippen LogP) is 8.92. The van der Waals surface area contributed by atoms with E-state index in [9.17, 15) is 0 Å². The van der Waals surface area contributed by atoms with E-state index in [2.05, 4.69) is 96.6 Å². The Morgan fingerprint density at radius 1 is 0.793 bits per heavy atom. The quantitative estimate of drug-likeness (QED) is 0.463. The lowest BCUT2D eigenvalue weighted by molar-refractivity contribution is 0.116. The van der Waals surface area contributed by atoms with Crippen molar-refractivity contribution in [1.82, 2.24) is 0 Å². The number of ether oxygens (including phenoxy) is 1. The Hall–Kier alpha value is -0.340. The molecule has 2 nitrogen and oxygen atoms in total. The molecule has 0 fully saturated rings. The highest BCUT2D eigenvalue weighted by Crippen LogP contribution is 2.20. The van der Waals surface area contributed by atoms with Gasteiger partial charge in [-0.25, -0.2) is 0 Å². The summed E-state index contributed by atoms with van der Waals surface area (Å²) in [6, 6.07) is 0. The molecule has 1 unspecified atom stereocenters. The highest BCUT2D eigenvalue weighted by Gasteiger charge is 2.12. The largest absolute Gasteiger partial charge is 0.393 e. The van der Waals surface area contributed by atoms with Crippen molar-refractivity contribution in [3.63, 3.8) is 0 Å². The van der Waals surface area contributed by atoms with Gasteiger partial charge in [0.2, 0.25) is 0 Å². The molecule has 29 heavy (non-hydrogen) atoms. The molecule has 0 bridgehead atoms. The Labute approximate surface area is 186 Å². The monoisotopic (exact) mass is 416 g/mol. The van der Waals surface area contributed by atoms with Crippen molar-refractivity contribution in [3.8, 4) is 0 Å². The van der Waals surface area contributed by atoms with Gasteiger partial charge in [-0.3, -0.25) is 0 Å². The van der Waals surface area contributed by atoms with Crippen molar-refractivity contribution in [1.29, 1.82) is 0 Å². The molecule has 0 spiro atoms. The summed E-state index contributed by atoms with van der Waals surface area (Å²) in [5.74, 6) is 0. The van der Waals surface area contributed by atoms with Gasteiger partial charge in [-0.1, -0.05) is 103 Å². The van der Waals surface area contributed by atoms with Gasteiger partial charge in [0.15, 0.2) is 0 Å². The van der Waals surface area contributed by atoms with Crippen LogP contribution in [0.4, 0.5) is 0 Å². The number of rotatable bonds is 4. The van der Waals surface area contributed by atoms with Crippen LogP contribution in [-0.2, 0) is 4.74 Å². The van der Waals surface area contributed by atoms with Crippen molar-refractivity contribution in [2.75, 3.05) is 13.7 Å². The molecule has 0 aromatic rings. The first-order valence-corrected chi connectivity index (χ1v) is 11.4. The minimum atomic E-state index is -0.157. The molecule has 0 aliphatic rings. The summed E-state index contributed by atoms with van der Waals surface area (Å²) in [6.07, 6.45) is 6.44. The molecular formula is C27H60O2. The summed E-state index contributed by atoms with van der Waals surface area (Å²) in [4.78, 5) is 0. The maximum atomic E-state index is 8.89. The van der Waals surface area contributed by atoms with Crippen molar-refractivity contribution in [2.24, 2.45) is 21.7 Å². The molecule has 0 amide bonds. The van der Waals surface area contributed by atoms with Crippen molar-refractivity contribution in [2.45, 2.75) is 129 Å². The van der Waals surface area contributed by atoms with E-state index in [0.717, 1.165) is 19.4 Å². The normalized spacial score (nSPS) is 13.0. The van der Waals surface area contributed by atoms with Crippen molar-refractivity contribution in [3.05, 3.63) is 12.7 Å². The van der Waals surface area contributed by atoms with Crippen LogP contribution in [-0.4, -0.2) is 24.9 Å². The minimum absolute atomic E-state index is 0.157. The van der Waals surface area contributed by atoms with Crippen LogP contribution in [0.5, 0.6) is 0 Å². The molecule has 0 heterocycles. The van der Waals surface area contributed by atoms with E-state index in [1.807, 2.05) is 13.0 Å². The molecule has 0 saturated carbocycles. The molecule has 2 heteroatoms. The number of methoxy groups -OCH3 is 1. The number of hydrogen-bond donors (Lipinski definition) is 1. The summed E-state index contributed by atoms with van der Waals surface area (Å²) in [5.41, 5.74) is 1.58. The first kappa shape index (κ1) is 36.1. The highest BCUT2D eigenvalue weighted by atomic mass is 16.5. The summed E-state index contributed by atoms with van der Waals surface area (Å²) in [6.45, 7) is 34.8. The molecule has 0 rings (SSSR count). The smallest absolute Gasteiger partial charge is 0.0517 e. The number of allylic oxidation sites excluding steroid dienone is 1. The topological polar surface area (TPSA) is 29.5 Å². The van der Waals surface area contributed by atoms with Gasteiger partial charge in [0.05, 0.1) is 12.7 Å². The van der Waals surface area contributed by atoms with Gasteiger partial charge in [-0.15, -0.1) is 6.58 Å². The van der Waals surface area contributed by atoms with Crippen LogP contribution in [0.25, 0.3) is 0 Å². The Morgan fingerprint density at radius 3 is 1.21 bits per heavy atom. The van der Waals surface area contributed by atoms with Crippen LogP contribution in [0.3, 0.4) is 0 Å². The third-order valence-corrected chi connectivity index (χ3v) is 3.24. The van der Waals surface area contributed by atoms with Crippen LogP contribution in [0.15, 0.2) is 12.7 Å². The third-order valence-electron chi connectivity index (χ3n) is 3.24. The van der Waals surface area contributed by atoms with Gasteiger partial charge in [-0.2, -0.15) is 0 Å². The third kappa shape index (κ3) is 65.6. The number of aliphatic hydroxyl groups excluding tert-OH is 1. The maximum Gasteiger partial charge on any atom is 0.0517 e. The predicted molar refractivity (Wildman–Crippen MR) is 136 cm³/mol. The van der Waals surface area contributed by atoms with Crippen LogP contribution in [0.1, 0.15) is 123 Å². The van der Waals surface area contributed by atoms with E-state index in [0.29, 0.717) is 16.2 Å². The maximum absolute atomic E-state index is 8.89. The molecule has 0 aliphatic heterocycles. The molecule has 180 valence electrons. The first-order valence-electron chi connectivity index (χ1n) is 11.4. The van der Waals surface area contributed by atoms with Gasteiger partial charge in [0.1, 0.15) is 0 Å². The highest BCUT2D eigenvalue weighted by molar-refractivity contribution is 4.75. The lowest BCUT2D eigenvalue weighted by Crippen LogP contribution is -2.13. The zero-order chi connectivity index (χ0) is 24.5. The molecule has 0 aromatic heterocycles. The van der Waals surface area contributed by atoms with Gasteiger partial charge in [0, 0.05) is 7.11 Å². The summed E-state index contributed by atoms with van der Waals surface area (Å²) < 4.78 is 4.91. The van der Waals surface area contributed by atoms with Crippen LogP contribution in [0.2, 0.25) is 0 Å². The van der Waals surface area contributed by atoms with Crippen molar-refractivity contribution >= 4 is 0 Å². The van der Waals surface area contributed by atoms with E-state index in [1.165, 1.54) is 12.8 Å². The second kappa shape index (κ2) is 17.4. The Morgan fingerprint density at radius 2 is 1.21 bits per heavy atom. The number of aliphatic hydroxyl groups is 1. The fourth-order valence-corrected chi connectivity index (χ4v) is 2.50. The zero-order valence-electron chi connectivity index (χ0n) is 23.3. The fourth-order valence-electron chi connectivity index (χ4n) is 2.50. The van der Waals surface area contributed by atoms with Crippen LogP contribution in [0, 0.1) is 21.7 Å². The summed E-state index contributed by atoms with van der Waals surface area (Å²) >= 11 is 0. The molecule has 1 atom stereocenters. The van der Waals surface area contributed by atoms with Gasteiger partial charge in [-0.05, 0) is 47.8 Å². The van der Waals surface area contributed by atoms with E-state index < -0.39 is 0 Å². The Bertz CT molecular complexity index is 325. The molecule has 0 radical (unpaired) electrons. The first-order chi connectivity index (χ1) is 12.6. The fraction of sp³-hybridized carbons (Fsp3) is 0.926. The average Bonchev–Trinajstić information content (AvgIpc) is 2.32. The van der Waals surface area contributed by atoms with E-state index in [4.69, 9.17) is 9.84 Å². The minimum Gasteiger partial charge on any atom is -0.393 e. The molecule has 0 aromatic carbocycles. The molecule has 0 saturated heterocycles.